The summed E-state index contributed by atoms with van der Waals surface area (Å²) in [6.07, 6.45) is 0.720. The molecular weight excluding hydrogens is 440 g/mol. The minimum Gasteiger partial charge on any atom is -0.507 e. The smallest absolute Gasteiger partial charge is 0.404 e. The van der Waals surface area contributed by atoms with Gasteiger partial charge >= 0.3 is 6.09 Å². The molecule has 33 heavy (non-hydrogen) atoms. The lowest BCUT2D eigenvalue weighted by molar-refractivity contribution is 0.181. The van der Waals surface area contributed by atoms with Crippen molar-refractivity contribution in [3.63, 3.8) is 0 Å². The first kappa shape index (κ1) is 24.6. The van der Waals surface area contributed by atoms with Crippen LogP contribution in [0.15, 0.2) is 42.5 Å². The first-order chi connectivity index (χ1) is 15.3. The van der Waals surface area contributed by atoms with Crippen LogP contribution in [0.1, 0.15) is 32.3 Å². The van der Waals surface area contributed by atoms with Gasteiger partial charge in [-0.3, -0.25) is 0 Å². The van der Waals surface area contributed by atoms with Crippen molar-refractivity contribution in [2.75, 3.05) is 18.0 Å². The van der Waals surface area contributed by atoms with Crippen LogP contribution in [0, 0.1) is 18.8 Å². The second-order valence-corrected chi connectivity index (χ2v) is 9.09. The van der Waals surface area contributed by atoms with E-state index in [-0.39, 0.29) is 30.1 Å². The van der Waals surface area contributed by atoms with Crippen molar-refractivity contribution in [1.82, 2.24) is 15.3 Å². The van der Waals surface area contributed by atoms with Crippen LogP contribution in [-0.4, -0.2) is 45.4 Å². The van der Waals surface area contributed by atoms with Crippen LogP contribution in [0.5, 0.6) is 5.75 Å². The van der Waals surface area contributed by atoms with Crippen molar-refractivity contribution >= 4 is 35.2 Å². The Labute approximate surface area is 200 Å². The fraction of sp³-hybridized carbons (Fsp3) is 0.400. The Balaban J connectivity index is 0.00000306. The van der Waals surface area contributed by atoms with Crippen LogP contribution in [0.4, 0.5) is 10.6 Å². The maximum atomic E-state index is 11.4. The van der Waals surface area contributed by atoms with E-state index in [0.717, 1.165) is 48.2 Å². The van der Waals surface area contributed by atoms with Gasteiger partial charge in [-0.05, 0) is 61.4 Å². The number of para-hydroxylation sites is 1. The molecule has 0 saturated carbocycles. The number of halogens is 1. The number of nitrogens with one attached hydrogen (secondary N) is 1. The van der Waals surface area contributed by atoms with Gasteiger partial charge in [0.25, 0.3) is 0 Å². The van der Waals surface area contributed by atoms with Crippen LogP contribution in [0.3, 0.4) is 0 Å². The summed E-state index contributed by atoms with van der Waals surface area (Å²) < 4.78 is 0. The summed E-state index contributed by atoms with van der Waals surface area (Å²) in [5.41, 5.74) is 2.53. The van der Waals surface area contributed by atoms with E-state index in [9.17, 15) is 15.0 Å². The third-order valence-electron chi connectivity index (χ3n) is 6.10. The van der Waals surface area contributed by atoms with Crippen molar-refractivity contribution < 1.29 is 15.0 Å². The molecule has 0 spiro atoms. The molecular formula is C25H31ClN4O3. The van der Waals surface area contributed by atoms with Gasteiger partial charge in [0.1, 0.15) is 11.6 Å². The Morgan fingerprint density at radius 1 is 1.21 bits per heavy atom. The number of carbonyl (C=O) groups is 1. The molecule has 7 nitrogen and oxygen atoms in total. The minimum absolute atomic E-state index is 0. The summed E-state index contributed by atoms with van der Waals surface area (Å²) >= 11 is 0. The minimum atomic E-state index is -0.973. The Hall–Kier alpha value is -3.06. The number of hydrogen-bond acceptors (Lipinski definition) is 5. The van der Waals surface area contributed by atoms with Gasteiger partial charge in [-0.1, -0.05) is 32.0 Å². The average Bonchev–Trinajstić information content (AvgIpc) is 3.22. The van der Waals surface area contributed by atoms with E-state index in [1.165, 1.54) is 0 Å². The zero-order valence-electron chi connectivity index (χ0n) is 19.2. The van der Waals surface area contributed by atoms with Gasteiger partial charge in [0.05, 0.1) is 11.1 Å². The van der Waals surface area contributed by atoms with Crippen molar-refractivity contribution in [3.05, 3.63) is 48.0 Å². The zero-order chi connectivity index (χ0) is 22.8. The van der Waals surface area contributed by atoms with E-state index < -0.39 is 6.09 Å². The molecule has 1 fully saturated rings. The molecule has 3 N–H and O–H groups in total. The summed E-state index contributed by atoms with van der Waals surface area (Å²) in [5, 5.41) is 23.4. The molecule has 1 saturated heterocycles. The predicted molar refractivity (Wildman–Crippen MR) is 133 cm³/mol. The van der Waals surface area contributed by atoms with Gasteiger partial charge in [-0.2, -0.15) is 0 Å². The third-order valence-corrected chi connectivity index (χ3v) is 6.10. The van der Waals surface area contributed by atoms with Gasteiger partial charge in [0.2, 0.25) is 0 Å². The highest BCUT2D eigenvalue weighted by molar-refractivity contribution is 5.92. The average molecular weight is 471 g/mol. The summed E-state index contributed by atoms with van der Waals surface area (Å²) in [5.74, 6) is 2.07. The van der Waals surface area contributed by atoms with E-state index >= 15 is 0 Å². The molecule has 4 rings (SSSR count). The van der Waals surface area contributed by atoms with Crippen molar-refractivity contribution in [2.24, 2.45) is 11.8 Å². The SMILES string of the molecule is Cc1ccc2c(N3CCC(C(CC(C)C)NC(=O)O)C3)nc(-c3ccccc3O)nc2c1.Cl. The van der Waals surface area contributed by atoms with E-state index in [2.05, 4.69) is 30.1 Å². The molecule has 8 heteroatoms. The molecule has 0 aliphatic carbocycles. The molecule has 2 unspecified atom stereocenters. The molecule has 1 aliphatic rings. The summed E-state index contributed by atoms with van der Waals surface area (Å²) in [6.45, 7) is 7.77. The highest BCUT2D eigenvalue weighted by Crippen LogP contribution is 2.35. The molecule has 0 bridgehead atoms. The number of nitrogens with zero attached hydrogens (tertiary/aromatic N) is 3. The number of fused-ring (bicyclic) bond motifs is 1. The third kappa shape index (κ3) is 5.47. The maximum Gasteiger partial charge on any atom is 0.404 e. The van der Waals surface area contributed by atoms with Crippen LogP contribution in [-0.2, 0) is 0 Å². The second kappa shape index (κ2) is 10.3. The number of amides is 1. The number of aryl methyl sites for hydroxylation is 1. The highest BCUT2D eigenvalue weighted by atomic mass is 35.5. The molecule has 0 radical (unpaired) electrons. The topological polar surface area (TPSA) is 98.6 Å². The molecule has 2 aromatic carbocycles. The normalized spacial score (nSPS) is 16.6. The van der Waals surface area contributed by atoms with Gasteiger partial charge in [-0.15, -0.1) is 12.4 Å². The summed E-state index contributed by atoms with van der Waals surface area (Å²) in [6, 6.07) is 13.1. The number of aromatic hydroxyl groups is 1. The molecule has 176 valence electrons. The number of phenolic OH excluding ortho intramolecular Hbond substituents is 1. The zero-order valence-corrected chi connectivity index (χ0v) is 20.0. The lowest BCUT2D eigenvalue weighted by Crippen LogP contribution is -2.41. The van der Waals surface area contributed by atoms with E-state index in [1.54, 1.807) is 12.1 Å². The number of rotatable bonds is 6. The van der Waals surface area contributed by atoms with Crippen molar-refractivity contribution in [1.29, 1.82) is 0 Å². The van der Waals surface area contributed by atoms with Gasteiger partial charge < -0.3 is 20.4 Å². The molecule has 2 atom stereocenters. The van der Waals surface area contributed by atoms with Crippen LogP contribution in [0.25, 0.3) is 22.3 Å². The molecule has 2 heterocycles. The molecule has 1 aliphatic heterocycles. The number of aromatic nitrogens is 2. The lowest BCUT2D eigenvalue weighted by Gasteiger charge is -2.26. The van der Waals surface area contributed by atoms with E-state index in [0.29, 0.717) is 17.3 Å². The predicted octanol–water partition coefficient (Wildman–Crippen LogP) is 5.24. The maximum absolute atomic E-state index is 11.4. The molecule has 1 amide bonds. The quantitative estimate of drug-likeness (QED) is 0.455. The first-order valence-electron chi connectivity index (χ1n) is 11.1. The summed E-state index contributed by atoms with van der Waals surface area (Å²) in [4.78, 5) is 23.2. The second-order valence-electron chi connectivity index (χ2n) is 9.09. The number of hydrogen-bond donors (Lipinski definition) is 3. The fourth-order valence-corrected chi connectivity index (χ4v) is 4.59. The Bertz CT molecular complexity index is 1140. The molecule has 1 aromatic heterocycles. The van der Waals surface area contributed by atoms with Crippen LogP contribution < -0.4 is 10.2 Å². The first-order valence-corrected chi connectivity index (χ1v) is 11.1. The fourth-order valence-electron chi connectivity index (χ4n) is 4.59. The highest BCUT2D eigenvalue weighted by Gasteiger charge is 2.32. The van der Waals surface area contributed by atoms with Crippen LogP contribution >= 0.6 is 12.4 Å². The van der Waals surface area contributed by atoms with Gasteiger partial charge in [-0.25, -0.2) is 14.8 Å². The van der Waals surface area contributed by atoms with Crippen LogP contribution in [0.2, 0.25) is 0 Å². The monoisotopic (exact) mass is 470 g/mol. The lowest BCUT2D eigenvalue weighted by atomic mass is 9.91. The largest absolute Gasteiger partial charge is 0.507 e. The Morgan fingerprint density at radius 2 is 1.97 bits per heavy atom. The van der Waals surface area contributed by atoms with Gasteiger partial charge in [0.15, 0.2) is 5.82 Å². The van der Waals surface area contributed by atoms with Crippen molar-refractivity contribution in [2.45, 2.75) is 39.7 Å². The van der Waals surface area contributed by atoms with Crippen molar-refractivity contribution in [3.8, 4) is 17.1 Å². The standard InChI is InChI=1S/C25H30N4O3.ClH/c1-15(2)12-20(27-25(31)32)17-10-11-29(14-17)24-18-9-8-16(3)13-21(18)26-23(28-24)19-6-4-5-7-22(19)30;/h4-9,13,15,17,20,27,30H,10-12,14H2,1-3H3,(H,31,32);1H. The van der Waals surface area contributed by atoms with Gasteiger partial charge in [0, 0.05) is 24.5 Å². The summed E-state index contributed by atoms with van der Waals surface area (Å²) in [7, 11) is 0. The van der Waals surface area contributed by atoms with E-state index in [1.807, 2.05) is 31.2 Å². The molecule has 3 aromatic rings. The number of anilines is 1. The number of phenols is 1. The number of carboxylic acid groups (broad SMARTS) is 1. The Kier molecular flexibility index (Phi) is 7.64. The Morgan fingerprint density at radius 3 is 2.67 bits per heavy atom. The van der Waals surface area contributed by atoms with E-state index in [4.69, 9.17) is 9.97 Å². The number of benzene rings is 2.